The first kappa shape index (κ1) is 11.2. The van der Waals surface area contributed by atoms with Crippen LogP contribution in [0.2, 0.25) is 0 Å². The fourth-order valence-corrected chi connectivity index (χ4v) is 2.20. The smallest absolute Gasteiger partial charge is 0.0669 e. The molecule has 2 aromatic heterocycles. The number of hydrogen-bond donors (Lipinski definition) is 1. The van der Waals surface area contributed by atoms with Gasteiger partial charge in [0.1, 0.15) is 0 Å². The van der Waals surface area contributed by atoms with E-state index in [9.17, 15) is 0 Å². The fraction of sp³-hybridized carbons (Fsp3) is 0.500. The van der Waals surface area contributed by atoms with Crippen LogP contribution in [0.4, 0.5) is 0 Å². The van der Waals surface area contributed by atoms with E-state index in [0.29, 0.717) is 0 Å². The molecule has 0 aromatic carbocycles. The maximum atomic E-state index is 6.09. The van der Waals surface area contributed by atoms with Crippen LogP contribution in [-0.4, -0.2) is 19.4 Å². The van der Waals surface area contributed by atoms with E-state index >= 15 is 0 Å². The van der Waals surface area contributed by atoms with Gasteiger partial charge < -0.3 is 5.73 Å². The standard InChI is InChI=1S/C10H15N5S/c1-3-15-8(4-7(2)13-15)5-9(11)10-6-12-14-16-10/h4,6,9H,3,5,11H2,1-2H3. The number of hydrogen-bond acceptors (Lipinski definition) is 5. The molecule has 0 fully saturated rings. The normalized spacial score (nSPS) is 12.9. The Morgan fingerprint density at radius 1 is 1.56 bits per heavy atom. The van der Waals surface area contributed by atoms with E-state index in [1.807, 2.05) is 11.6 Å². The molecule has 2 rings (SSSR count). The molecule has 16 heavy (non-hydrogen) atoms. The molecule has 0 bridgehead atoms. The maximum Gasteiger partial charge on any atom is 0.0669 e. The van der Waals surface area contributed by atoms with E-state index < -0.39 is 0 Å². The Balaban J connectivity index is 2.14. The van der Waals surface area contributed by atoms with Crippen molar-refractivity contribution in [1.29, 1.82) is 0 Å². The highest BCUT2D eigenvalue weighted by atomic mass is 32.1. The van der Waals surface area contributed by atoms with Crippen LogP contribution in [0, 0.1) is 6.92 Å². The van der Waals surface area contributed by atoms with Gasteiger partial charge in [0.2, 0.25) is 0 Å². The Bertz CT molecular complexity index is 448. The monoisotopic (exact) mass is 237 g/mol. The zero-order valence-corrected chi connectivity index (χ0v) is 10.2. The molecule has 0 saturated heterocycles. The van der Waals surface area contributed by atoms with Gasteiger partial charge in [0, 0.05) is 24.7 Å². The van der Waals surface area contributed by atoms with Gasteiger partial charge in [-0.3, -0.25) is 4.68 Å². The maximum absolute atomic E-state index is 6.09. The highest BCUT2D eigenvalue weighted by molar-refractivity contribution is 7.05. The second-order valence-electron chi connectivity index (χ2n) is 3.72. The van der Waals surface area contributed by atoms with Crippen LogP contribution in [0.5, 0.6) is 0 Å². The summed E-state index contributed by atoms with van der Waals surface area (Å²) in [6.45, 7) is 4.95. The predicted molar refractivity (Wildman–Crippen MR) is 63.2 cm³/mol. The van der Waals surface area contributed by atoms with Gasteiger partial charge in [-0.05, 0) is 31.4 Å². The largest absolute Gasteiger partial charge is 0.323 e. The molecule has 6 heteroatoms. The van der Waals surface area contributed by atoms with Crippen molar-refractivity contribution < 1.29 is 0 Å². The molecular weight excluding hydrogens is 222 g/mol. The van der Waals surface area contributed by atoms with Crippen molar-refractivity contribution in [2.75, 3.05) is 0 Å². The van der Waals surface area contributed by atoms with Crippen LogP contribution < -0.4 is 5.73 Å². The molecule has 0 aliphatic carbocycles. The van der Waals surface area contributed by atoms with Crippen molar-refractivity contribution in [2.24, 2.45) is 5.73 Å². The lowest BCUT2D eigenvalue weighted by atomic mass is 10.1. The van der Waals surface area contributed by atoms with E-state index in [4.69, 9.17) is 5.73 Å². The Labute approximate surface area is 98.4 Å². The van der Waals surface area contributed by atoms with Crippen molar-refractivity contribution in [3.05, 3.63) is 28.5 Å². The first-order chi connectivity index (χ1) is 7.70. The Morgan fingerprint density at radius 2 is 2.38 bits per heavy atom. The van der Waals surface area contributed by atoms with E-state index in [1.54, 1.807) is 6.20 Å². The number of nitrogens with zero attached hydrogens (tertiary/aromatic N) is 4. The summed E-state index contributed by atoms with van der Waals surface area (Å²) in [7, 11) is 0. The summed E-state index contributed by atoms with van der Waals surface area (Å²) < 4.78 is 5.81. The number of aromatic nitrogens is 4. The van der Waals surface area contributed by atoms with E-state index in [2.05, 4.69) is 27.7 Å². The van der Waals surface area contributed by atoms with Crippen molar-refractivity contribution in [3.63, 3.8) is 0 Å². The molecule has 86 valence electrons. The van der Waals surface area contributed by atoms with Crippen LogP contribution >= 0.6 is 11.5 Å². The average molecular weight is 237 g/mol. The zero-order chi connectivity index (χ0) is 11.5. The lowest BCUT2D eigenvalue weighted by Crippen LogP contribution is -2.15. The molecular formula is C10H15N5S. The first-order valence-corrected chi connectivity index (χ1v) is 6.04. The molecule has 0 saturated carbocycles. The average Bonchev–Trinajstić information content (AvgIpc) is 2.87. The summed E-state index contributed by atoms with van der Waals surface area (Å²) in [5.41, 5.74) is 8.29. The van der Waals surface area contributed by atoms with Crippen LogP contribution in [0.1, 0.15) is 29.2 Å². The third-order valence-corrected chi connectivity index (χ3v) is 3.25. The summed E-state index contributed by atoms with van der Waals surface area (Å²) >= 11 is 1.35. The van der Waals surface area contributed by atoms with Crippen LogP contribution in [0.15, 0.2) is 12.3 Å². The van der Waals surface area contributed by atoms with Gasteiger partial charge in [-0.1, -0.05) is 4.49 Å². The van der Waals surface area contributed by atoms with Crippen LogP contribution in [0.25, 0.3) is 0 Å². The lowest BCUT2D eigenvalue weighted by molar-refractivity contribution is 0.590. The van der Waals surface area contributed by atoms with Gasteiger partial charge in [0.05, 0.1) is 16.8 Å². The molecule has 0 amide bonds. The van der Waals surface area contributed by atoms with E-state index in [0.717, 1.165) is 23.5 Å². The molecule has 5 nitrogen and oxygen atoms in total. The van der Waals surface area contributed by atoms with Crippen LogP contribution in [0.3, 0.4) is 0 Å². The Hall–Kier alpha value is -1.27. The van der Waals surface area contributed by atoms with E-state index in [-0.39, 0.29) is 6.04 Å². The summed E-state index contributed by atoms with van der Waals surface area (Å²) in [6.07, 6.45) is 2.51. The second kappa shape index (κ2) is 4.71. The molecule has 0 aliphatic heterocycles. The second-order valence-corrected chi connectivity index (χ2v) is 4.54. The minimum absolute atomic E-state index is 0.0404. The molecule has 1 atom stereocenters. The van der Waals surface area contributed by atoms with Crippen molar-refractivity contribution in [3.8, 4) is 0 Å². The van der Waals surface area contributed by atoms with E-state index in [1.165, 1.54) is 17.2 Å². The molecule has 0 radical (unpaired) electrons. The third kappa shape index (κ3) is 2.28. The molecule has 0 spiro atoms. The molecule has 2 N–H and O–H groups in total. The molecule has 0 aliphatic rings. The summed E-state index contributed by atoms with van der Waals surface area (Å²) in [5, 5.41) is 8.20. The van der Waals surface area contributed by atoms with Gasteiger partial charge in [0.25, 0.3) is 0 Å². The van der Waals surface area contributed by atoms with Gasteiger partial charge >= 0.3 is 0 Å². The minimum Gasteiger partial charge on any atom is -0.323 e. The lowest BCUT2D eigenvalue weighted by Gasteiger charge is -2.09. The molecule has 2 aromatic rings. The number of rotatable bonds is 4. The van der Waals surface area contributed by atoms with Gasteiger partial charge in [0.15, 0.2) is 0 Å². The fourth-order valence-electron chi connectivity index (χ4n) is 1.70. The summed E-state index contributed by atoms with van der Waals surface area (Å²) in [4.78, 5) is 1.02. The molecule has 1 unspecified atom stereocenters. The van der Waals surface area contributed by atoms with Gasteiger partial charge in [-0.25, -0.2) is 0 Å². The van der Waals surface area contributed by atoms with Gasteiger partial charge in [-0.2, -0.15) is 5.10 Å². The topological polar surface area (TPSA) is 69.6 Å². The molecule has 2 heterocycles. The first-order valence-electron chi connectivity index (χ1n) is 5.27. The number of nitrogens with two attached hydrogens (primary N) is 1. The summed E-state index contributed by atoms with van der Waals surface area (Å²) in [6, 6.07) is 2.04. The Morgan fingerprint density at radius 3 is 3.00 bits per heavy atom. The summed E-state index contributed by atoms with van der Waals surface area (Å²) in [5.74, 6) is 0. The predicted octanol–water partition coefficient (Wildman–Crippen LogP) is 1.31. The van der Waals surface area contributed by atoms with Crippen molar-refractivity contribution in [2.45, 2.75) is 32.9 Å². The minimum atomic E-state index is -0.0404. The SMILES string of the molecule is CCn1nc(C)cc1CC(N)c1cnns1. The van der Waals surface area contributed by atoms with Crippen molar-refractivity contribution >= 4 is 11.5 Å². The zero-order valence-electron chi connectivity index (χ0n) is 9.42. The third-order valence-electron chi connectivity index (χ3n) is 2.46. The Kier molecular flexibility index (Phi) is 3.31. The van der Waals surface area contributed by atoms with Crippen molar-refractivity contribution in [1.82, 2.24) is 19.4 Å². The van der Waals surface area contributed by atoms with Crippen LogP contribution in [-0.2, 0) is 13.0 Å². The van der Waals surface area contributed by atoms with Gasteiger partial charge in [-0.15, -0.1) is 5.10 Å². The highest BCUT2D eigenvalue weighted by Crippen LogP contribution is 2.18. The quantitative estimate of drug-likeness (QED) is 0.870. The number of aryl methyl sites for hydroxylation is 2. The highest BCUT2D eigenvalue weighted by Gasteiger charge is 2.13.